The Morgan fingerprint density at radius 2 is 1.68 bits per heavy atom. The molecule has 4 nitrogen and oxygen atoms in total. The summed E-state index contributed by atoms with van der Waals surface area (Å²) in [6.45, 7) is 7.90. The van der Waals surface area contributed by atoms with Crippen molar-refractivity contribution in [2.75, 3.05) is 23.7 Å². The lowest BCUT2D eigenvalue weighted by Gasteiger charge is -2.37. The highest BCUT2D eigenvalue weighted by Gasteiger charge is 2.21. The zero-order valence-electron chi connectivity index (χ0n) is 11.8. The molecule has 0 amide bonds. The van der Waals surface area contributed by atoms with Gasteiger partial charge in [0.25, 0.3) is 0 Å². The number of nitrogens with one attached hydrogen (secondary N) is 1. The van der Waals surface area contributed by atoms with Crippen molar-refractivity contribution in [2.24, 2.45) is 0 Å². The van der Waals surface area contributed by atoms with Crippen molar-refractivity contribution >= 4 is 15.5 Å². The minimum Gasteiger partial charge on any atom is -0.368 e. The zero-order valence-corrected chi connectivity index (χ0v) is 12.6. The van der Waals surface area contributed by atoms with Crippen molar-refractivity contribution in [3.8, 4) is 0 Å². The summed E-state index contributed by atoms with van der Waals surface area (Å²) < 4.78 is 23.5. The van der Waals surface area contributed by atoms with Gasteiger partial charge in [0.15, 0.2) is 9.84 Å². The van der Waals surface area contributed by atoms with Gasteiger partial charge in [0.1, 0.15) is 0 Å². The minimum atomic E-state index is -3.10. The largest absolute Gasteiger partial charge is 0.368 e. The fourth-order valence-electron chi connectivity index (χ4n) is 2.57. The maximum atomic E-state index is 11.8. The summed E-state index contributed by atoms with van der Waals surface area (Å²) in [5, 5.41) is 3.49. The molecule has 0 aliphatic carbocycles. The van der Waals surface area contributed by atoms with Gasteiger partial charge in [-0.3, -0.25) is 0 Å². The Morgan fingerprint density at radius 1 is 1.16 bits per heavy atom. The molecule has 106 valence electrons. The van der Waals surface area contributed by atoms with Crippen LogP contribution in [0.15, 0.2) is 29.2 Å². The van der Waals surface area contributed by atoms with E-state index in [1.807, 2.05) is 12.1 Å². The van der Waals surface area contributed by atoms with E-state index >= 15 is 0 Å². The van der Waals surface area contributed by atoms with Gasteiger partial charge in [0.05, 0.1) is 10.6 Å². The molecule has 0 aromatic heterocycles. The molecule has 0 spiro atoms. The molecule has 1 aromatic rings. The van der Waals surface area contributed by atoms with Crippen LogP contribution in [-0.2, 0) is 9.84 Å². The van der Waals surface area contributed by atoms with Crippen molar-refractivity contribution in [3.05, 3.63) is 24.3 Å². The molecule has 1 heterocycles. The first-order chi connectivity index (χ1) is 8.92. The minimum absolute atomic E-state index is 0.147. The molecule has 19 heavy (non-hydrogen) atoms. The zero-order chi connectivity index (χ0) is 14.0. The number of hydrogen-bond donors (Lipinski definition) is 1. The first-order valence-corrected chi connectivity index (χ1v) is 8.41. The van der Waals surface area contributed by atoms with Crippen LogP contribution in [0.3, 0.4) is 0 Å². The Labute approximate surface area is 115 Å². The molecule has 2 unspecified atom stereocenters. The van der Waals surface area contributed by atoms with Crippen molar-refractivity contribution in [2.45, 2.75) is 37.8 Å². The Kier molecular flexibility index (Phi) is 4.16. The molecule has 2 atom stereocenters. The highest BCUT2D eigenvalue weighted by molar-refractivity contribution is 7.91. The molecule has 1 aliphatic heterocycles. The summed E-state index contributed by atoms with van der Waals surface area (Å²) in [5.74, 6) is 0.147. The van der Waals surface area contributed by atoms with Crippen LogP contribution in [0.25, 0.3) is 0 Å². The van der Waals surface area contributed by atoms with Gasteiger partial charge in [0.2, 0.25) is 0 Å². The van der Waals surface area contributed by atoms with Crippen LogP contribution in [0.5, 0.6) is 0 Å². The first kappa shape index (κ1) is 14.3. The second-order valence-corrected chi connectivity index (χ2v) is 7.55. The predicted molar refractivity (Wildman–Crippen MR) is 78.4 cm³/mol. The lowest BCUT2D eigenvalue weighted by atomic mass is 10.1. The van der Waals surface area contributed by atoms with E-state index in [-0.39, 0.29) is 5.75 Å². The van der Waals surface area contributed by atoms with E-state index in [1.165, 1.54) is 0 Å². The van der Waals surface area contributed by atoms with Gasteiger partial charge in [0, 0.05) is 30.9 Å². The SMILES string of the molecule is CCS(=O)(=O)c1ccc(N2CC(C)NC(C)C2)cc1. The second kappa shape index (κ2) is 5.51. The van der Waals surface area contributed by atoms with Gasteiger partial charge in [-0.25, -0.2) is 8.42 Å². The van der Waals surface area contributed by atoms with Gasteiger partial charge >= 0.3 is 0 Å². The molecule has 1 aromatic carbocycles. The van der Waals surface area contributed by atoms with Gasteiger partial charge in [-0.1, -0.05) is 6.92 Å². The van der Waals surface area contributed by atoms with E-state index in [1.54, 1.807) is 19.1 Å². The first-order valence-electron chi connectivity index (χ1n) is 6.76. The highest BCUT2D eigenvalue weighted by atomic mass is 32.2. The van der Waals surface area contributed by atoms with Crippen molar-refractivity contribution in [3.63, 3.8) is 0 Å². The van der Waals surface area contributed by atoms with Gasteiger partial charge in [-0.05, 0) is 38.1 Å². The van der Waals surface area contributed by atoms with Crippen molar-refractivity contribution < 1.29 is 8.42 Å². The van der Waals surface area contributed by atoms with Crippen LogP contribution in [0.1, 0.15) is 20.8 Å². The fourth-order valence-corrected chi connectivity index (χ4v) is 3.45. The van der Waals surface area contributed by atoms with Crippen LogP contribution in [0, 0.1) is 0 Å². The Hall–Kier alpha value is -1.07. The Morgan fingerprint density at radius 3 is 2.16 bits per heavy atom. The summed E-state index contributed by atoms with van der Waals surface area (Å²) >= 11 is 0. The second-order valence-electron chi connectivity index (χ2n) is 5.27. The molecule has 0 bridgehead atoms. The number of benzene rings is 1. The van der Waals surface area contributed by atoms with Crippen molar-refractivity contribution in [1.82, 2.24) is 5.32 Å². The molecular weight excluding hydrogens is 260 g/mol. The van der Waals surface area contributed by atoms with Crippen molar-refractivity contribution in [1.29, 1.82) is 0 Å². The molecule has 1 N–H and O–H groups in total. The average Bonchev–Trinajstić information content (AvgIpc) is 2.38. The molecular formula is C14H22N2O2S. The van der Waals surface area contributed by atoms with E-state index in [9.17, 15) is 8.42 Å². The van der Waals surface area contributed by atoms with Gasteiger partial charge in [-0.2, -0.15) is 0 Å². The average molecular weight is 282 g/mol. The standard InChI is InChI=1S/C14H22N2O2S/c1-4-19(17,18)14-7-5-13(6-8-14)16-9-11(2)15-12(3)10-16/h5-8,11-12,15H,4,9-10H2,1-3H3. The van der Waals surface area contributed by atoms with Gasteiger partial charge in [-0.15, -0.1) is 0 Å². The van der Waals surface area contributed by atoms with Crippen LogP contribution in [0.2, 0.25) is 0 Å². The van der Waals surface area contributed by atoms with Crippen LogP contribution in [-0.4, -0.2) is 39.3 Å². The third kappa shape index (κ3) is 3.28. The summed E-state index contributed by atoms with van der Waals surface area (Å²) in [7, 11) is -3.10. The number of piperazine rings is 1. The maximum absolute atomic E-state index is 11.8. The Balaban J connectivity index is 2.19. The summed E-state index contributed by atoms with van der Waals surface area (Å²) in [6.07, 6.45) is 0. The Bertz CT molecular complexity index is 515. The van der Waals surface area contributed by atoms with Crippen LogP contribution in [0.4, 0.5) is 5.69 Å². The lowest BCUT2D eigenvalue weighted by molar-refractivity contribution is 0.407. The third-order valence-electron chi connectivity index (χ3n) is 3.50. The number of rotatable bonds is 3. The summed E-state index contributed by atoms with van der Waals surface area (Å²) in [5.41, 5.74) is 1.09. The molecule has 0 radical (unpaired) electrons. The summed E-state index contributed by atoms with van der Waals surface area (Å²) in [4.78, 5) is 2.71. The van der Waals surface area contributed by atoms with Crippen LogP contribution >= 0.6 is 0 Å². The predicted octanol–water partition coefficient (Wildman–Crippen LogP) is 1.67. The van der Waals surface area contributed by atoms with E-state index in [0.717, 1.165) is 18.8 Å². The monoisotopic (exact) mass is 282 g/mol. The molecule has 1 saturated heterocycles. The van der Waals surface area contributed by atoms with E-state index in [2.05, 4.69) is 24.1 Å². The quantitative estimate of drug-likeness (QED) is 0.916. The van der Waals surface area contributed by atoms with E-state index in [0.29, 0.717) is 17.0 Å². The number of anilines is 1. The van der Waals surface area contributed by atoms with E-state index in [4.69, 9.17) is 0 Å². The molecule has 0 saturated carbocycles. The highest BCUT2D eigenvalue weighted by Crippen LogP contribution is 2.21. The molecule has 2 rings (SSSR count). The molecule has 1 aliphatic rings. The van der Waals surface area contributed by atoms with Crippen LogP contribution < -0.4 is 10.2 Å². The molecule has 5 heteroatoms. The number of hydrogen-bond acceptors (Lipinski definition) is 4. The van der Waals surface area contributed by atoms with E-state index < -0.39 is 9.84 Å². The lowest BCUT2D eigenvalue weighted by Crippen LogP contribution is -2.54. The van der Waals surface area contributed by atoms with Gasteiger partial charge < -0.3 is 10.2 Å². The fraction of sp³-hybridized carbons (Fsp3) is 0.571. The maximum Gasteiger partial charge on any atom is 0.178 e. The molecule has 1 fully saturated rings. The smallest absolute Gasteiger partial charge is 0.178 e. The third-order valence-corrected chi connectivity index (χ3v) is 5.25. The number of nitrogens with zero attached hydrogens (tertiary/aromatic N) is 1. The topological polar surface area (TPSA) is 49.4 Å². The normalized spacial score (nSPS) is 24.5. The number of sulfone groups is 1. The summed E-state index contributed by atoms with van der Waals surface area (Å²) in [6, 6.07) is 8.14.